The third kappa shape index (κ3) is 10.7. The van der Waals surface area contributed by atoms with Crippen LogP contribution in [-0.4, -0.2) is 0 Å². The van der Waals surface area contributed by atoms with Crippen molar-refractivity contribution in [2.45, 2.75) is 0 Å². The van der Waals surface area contributed by atoms with Gasteiger partial charge in [-0.1, -0.05) is 18.2 Å². The van der Waals surface area contributed by atoms with Gasteiger partial charge >= 0.3 is 26.2 Å². The molecule has 0 amide bonds. The number of hydrogen-bond acceptors (Lipinski definition) is 0. The van der Waals surface area contributed by atoms with Crippen LogP contribution < -0.4 is 0 Å². The van der Waals surface area contributed by atoms with Crippen LogP contribution in [0.2, 0.25) is 0 Å². The van der Waals surface area contributed by atoms with E-state index in [1.165, 1.54) is 3.57 Å². The number of halogens is 1. The van der Waals surface area contributed by atoms with Gasteiger partial charge in [0.15, 0.2) is 0 Å². The van der Waals surface area contributed by atoms with E-state index in [0.717, 1.165) is 0 Å². The normalized spacial score (nSPS) is 7.83. The second kappa shape index (κ2) is 13.0. The maximum Gasteiger partial charge on any atom is 2.00 e. The summed E-state index contributed by atoms with van der Waals surface area (Å²) in [6.45, 7) is 0. The topological polar surface area (TPSA) is 0 Å². The van der Waals surface area contributed by atoms with E-state index in [9.17, 15) is 0 Å². The first-order chi connectivity index (χ1) is 8.39. The van der Waals surface area contributed by atoms with Crippen molar-refractivity contribution in [2.75, 3.05) is 0 Å². The quantitative estimate of drug-likeness (QED) is 0.347. The van der Waals surface area contributed by atoms with Gasteiger partial charge in [-0.2, -0.15) is 36.4 Å². The van der Waals surface area contributed by atoms with Crippen molar-refractivity contribution in [2.24, 2.45) is 0 Å². The van der Waals surface area contributed by atoms with Gasteiger partial charge in [0.1, 0.15) is 0 Å². The SMILES string of the molecule is Ic1ccccc1.[Zr+2].c1cc[cH-]c1.c1cc[cH-]c1. The van der Waals surface area contributed by atoms with Gasteiger partial charge in [-0.25, -0.2) is 24.3 Å². The van der Waals surface area contributed by atoms with Crippen LogP contribution in [0.1, 0.15) is 0 Å². The van der Waals surface area contributed by atoms with Crippen LogP contribution in [0, 0.1) is 3.57 Å². The van der Waals surface area contributed by atoms with Crippen molar-refractivity contribution in [3.63, 3.8) is 0 Å². The van der Waals surface area contributed by atoms with Gasteiger partial charge in [0.05, 0.1) is 0 Å². The molecule has 18 heavy (non-hydrogen) atoms. The summed E-state index contributed by atoms with van der Waals surface area (Å²) < 4.78 is 1.29. The largest absolute Gasteiger partial charge is 2.00 e. The van der Waals surface area contributed by atoms with Gasteiger partial charge in [-0.3, -0.25) is 0 Å². The summed E-state index contributed by atoms with van der Waals surface area (Å²) in [7, 11) is 0. The average molecular weight is 425 g/mol. The van der Waals surface area contributed by atoms with Gasteiger partial charge in [0.25, 0.3) is 0 Å². The molecule has 0 fully saturated rings. The Bertz CT molecular complexity index is 368. The minimum atomic E-state index is 0. The van der Waals surface area contributed by atoms with Crippen LogP contribution in [0.5, 0.6) is 0 Å². The molecule has 0 radical (unpaired) electrons. The molecule has 0 aliphatic carbocycles. The summed E-state index contributed by atoms with van der Waals surface area (Å²) in [5, 5.41) is 0. The zero-order chi connectivity index (χ0) is 12.2. The fourth-order valence-corrected chi connectivity index (χ4v) is 1.47. The smallest absolute Gasteiger partial charge is 0.214 e. The summed E-state index contributed by atoms with van der Waals surface area (Å²) in [4.78, 5) is 0. The number of benzene rings is 1. The summed E-state index contributed by atoms with van der Waals surface area (Å²) in [6, 6.07) is 30.2. The zero-order valence-electron chi connectivity index (χ0n) is 10.0. The van der Waals surface area contributed by atoms with Crippen molar-refractivity contribution < 1.29 is 26.2 Å². The molecular weight excluding hydrogens is 410 g/mol. The minimum absolute atomic E-state index is 0. The molecule has 0 heterocycles. The maximum absolute atomic E-state index is 2.28. The molecular formula is C16H15IZr. The van der Waals surface area contributed by atoms with E-state index in [1.807, 2.05) is 78.9 Å². The van der Waals surface area contributed by atoms with Gasteiger partial charge in [-0.05, 0) is 34.7 Å². The van der Waals surface area contributed by atoms with Crippen LogP contribution >= 0.6 is 22.6 Å². The molecule has 0 bridgehead atoms. The average Bonchev–Trinajstić information content (AvgIpc) is 3.09. The van der Waals surface area contributed by atoms with E-state index in [0.29, 0.717) is 0 Å². The van der Waals surface area contributed by atoms with Crippen molar-refractivity contribution in [3.8, 4) is 0 Å². The van der Waals surface area contributed by atoms with E-state index in [1.54, 1.807) is 0 Å². The Morgan fingerprint density at radius 1 is 0.611 bits per heavy atom. The van der Waals surface area contributed by atoms with Gasteiger partial charge in [-0.15, -0.1) is 0 Å². The molecule has 3 aromatic carbocycles. The maximum atomic E-state index is 2.28. The van der Waals surface area contributed by atoms with Crippen molar-refractivity contribution >= 4 is 22.6 Å². The molecule has 0 aliphatic heterocycles. The summed E-state index contributed by atoms with van der Waals surface area (Å²) in [5.74, 6) is 0. The monoisotopic (exact) mass is 424 g/mol. The first kappa shape index (κ1) is 17.5. The first-order valence-electron chi connectivity index (χ1n) is 5.43. The molecule has 0 saturated heterocycles. The standard InChI is InChI=1S/C6H5I.2C5H5.Zr/c7-6-4-2-1-3-5-6;2*1-2-4-5-3-1;/h1-5H;2*1-5H;/q;2*-1;+2. The third-order valence-corrected chi connectivity index (χ3v) is 2.56. The first-order valence-corrected chi connectivity index (χ1v) is 6.51. The zero-order valence-corrected chi connectivity index (χ0v) is 14.7. The third-order valence-electron chi connectivity index (χ3n) is 1.84. The Morgan fingerprint density at radius 3 is 1.17 bits per heavy atom. The van der Waals surface area contributed by atoms with Crippen LogP contribution in [0.25, 0.3) is 0 Å². The summed E-state index contributed by atoms with van der Waals surface area (Å²) in [6.07, 6.45) is 0. The molecule has 0 nitrogen and oxygen atoms in total. The molecule has 3 aromatic rings. The summed E-state index contributed by atoms with van der Waals surface area (Å²) >= 11 is 2.28. The Kier molecular flexibility index (Phi) is 12.6. The predicted molar refractivity (Wildman–Crippen MR) is 83.2 cm³/mol. The Morgan fingerprint density at radius 2 is 1.00 bits per heavy atom. The molecule has 0 N–H and O–H groups in total. The van der Waals surface area contributed by atoms with Gasteiger partial charge in [0, 0.05) is 3.57 Å². The second-order valence-corrected chi connectivity index (χ2v) is 4.47. The Balaban J connectivity index is 0.000000239. The van der Waals surface area contributed by atoms with Crippen molar-refractivity contribution in [1.82, 2.24) is 0 Å². The van der Waals surface area contributed by atoms with E-state index < -0.39 is 0 Å². The van der Waals surface area contributed by atoms with Crippen molar-refractivity contribution in [3.05, 3.63) is 94.6 Å². The van der Waals surface area contributed by atoms with Crippen molar-refractivity contribution in [1.29, 1.82) is 0 Å². The molecule has 90 valence electrons. The number of rotatable bonds is 0. The van der Waals surface area contributed by atoms with E-state index >= 15 is 0 Å². The van der Waals surface area contributed by atoms with Crippen LogP contribution in [0.4, 0.5) is 0 Å². The van der Waals surface area contributed by atoms with E-state index in [2.05, 4.69) is 34.7 Å². The predicted octanol–water partition coefficient (Wildman–Crippen LogP) is 5.10. The number of hydrogen-bond donors (Lipinski definition) is 0. The molecule has 2 heteroatoms. The molecule has 3 rings (SSSR count). The van der Waals surface area contributed by atoms with E-state index in [-0.39, 0.29) is 26.2 Å². The Hall–Kier alpha value is -0.467. The molecule has 0 spiro atoms. The molecule has 0 atom stereocenters. The van der Waals surface area contributed by atoms with Gasteiger partial charge in [0.2, 0.25) is 0 Å². The van der Waals surface area contributed by atoms with Crippen LogP contribution in [0.15, 0.2) is 91.0 Å². The van der Waals surface area contributed by atoms with Gasteiger partial charge < -0.3 is 0 Å². The molecule has 0 saturated carbocycles. The summed E-state index contributed by atoms with van der Waals surface area (Å²) in [5.41, 5.74) is 0. The fourth-order valence-electron chi connectivity index (χ4n) is 1.06. The minimum Gasteiger partial charge on any atom is -0.214 e. The van der Waals surface area contributed by atoms with E-state index in [4.69, 9.17) is 0 Å². The molecule has 0 unspecified atom stereocenters. The Labute approximate surface area is 142 Å². The molecule has 0 aliphatic rings. The van der Waals surface area contributed by atoms with Crippen LogP contribution in [-0.2, 0) is 26.2 Å². The second-order valence-electron chi connectivity index (χ2n) is 3.22. The molecule has 0 aromatic heterocycles. The fraction of sp³-hybridized carbons (Fsp3) is 0. The van der Waals surface area contributed by atoms with Crippen LogP contribution in [0.3, 0.4) is 0 Å².